The van der Waals surface area contributed by atoms with Crippen LogP contribution in [-0.4, -0.2) is 22.8 Å². The standard InChI is InChI=1S/C10H8BrN3O3S/c11-5-3-7(18-4-5)8-13-9(17-14-8)6-1-2-16-10(15)12-6/h3-4,6H,1-2H2,(H,12,15). The molecule has 1 amide bonds. The van der Waals surface area contributed by atoms with E-state index in [0.29, 0.717) is 24.7 Å². The highest BCUT2D eigenvalue weighted by atomic mass is 79.9. The van der Waals surface area contributed by atoms with E-state index in [4.69, 9.17) is 9.26 Å². The van der Waals surface area contributed by atoms with E-state index in [1.165, 1.54) is 11.3 Å². The van der Waals surface area contributed by atoms with Gasteiger partial charge in [-0.05, 0) is 22.0 Å². The van der Waals surface area contributed by atoms with Gasteiger partial charge in [-0.1, -0.05) is 5.16 Å². The molecule has 0 aromatic carbocycles. The minimum absolute atomic E-state index is 0.268. The van der Waals surface area contributed by atoms with Crippen LogP contribution in [0.2, 0.25) is 0 Å². The Hall–Kier alpha value is -1.41. The summed E-state index contributed by atoms with van der Waals surface area (Å²) in [6.07, 6.45) is 0.173. The van der Waals surface area contributed by atoms with E-state index in [-0.39, 0.29) is 6.04 Å². The number of cyclic esters (lactones) is 1. The first kappa shape index (κ1) is 11.7. The van der Waals surface area contributed by atoms with E-state index in [0.717, 1.165) is 9.35 Å². The Morgan fingerprint density at radius 2 is 2.44 bits per heavy atom. The summed E-state index contributed by atoms with van der Waals surface area (Å²) >= 11 is 4.89. The van der Waals surface area contributed by atoms with Crippen molar-refractivity contribution in [3.05, 3.63) is 21.8 Å². The molecule has 3 heterocycles. The SMILES string of the molecule is O=C1NC(c2nc(-c3cc(Br)cs3)no2)CCO1. The highest BCUT2D eigenvalue weighted by Gasteiger charge is 2.26. The van der Waals surface area contributed by atoms with Crippen molar-refractivity contribution in [2.45, 2.75) is 12.5 Å². The number of alkyl carbamates (subject to hydrolysis) is 1. The smallest absolute Gasteiger partial charge is 0.407 e. The second kappa shape index (κ2) is 4.69. The van der Waals surface area contributed by atoms with Gasteiger partial charge in [0, 0.05) is 16.3 Å². The Balaban J connectivity index is 1.83. The van der Waals surface area contributed by atoms with Gasteiger partial charge < -0.3 is 14.6 Å². The van der Waals surface area contributed by atoms with Gasteiger partial charge in [0.05, 0.1) is 11.5 Å². The maximum Gasteiger partial charge on any atom is 0.407 e. The van der Waals surface area contributed by atoms with Crippen molar-refractivity contribution in [3.8, 4) is 10.7 Å². The van der Waals surface area contributed by atoms with Gasteiger partial charge in [-0.2, -0.15) is 4.98 Å². The summed E-state index contributed by atoms with van der Waals surface area (Å²) in [5, 5.41) is 8.50. The fourth-order valence-electron chi connectivity index (χ4n) is 1.62. The average molecular weight is 330 g/mol. The number of thiophene rings is 1. The Kier molecular flexibility index (Phi) is 3.04. The number of rotatable bonds is 2. The van der Waals surface area contributed by atoms with Crippen LogP contribution in [-0.2, 0) is 4.74 Å². The summed E-state index contributed by atoms with van der Waals surface area (Å²) in [5.74, 6) is 0.938. The number of nitrogens with one attached hydrogen (secondary N) is 1. The molecule has 1 saturated heterocycles. The normalized spacial score (nSPS) is 19.4. The van der Waals surface area contributed by atoms with Crippen LogP contribution < -0.4 is 5.32 Å². The minimum Gasteiger partial charge on any atom is -0.449 e. The molecule has 0 radical (unpaired) electrons. The zero-order valence-corrected chi connectivity index (χ0v) is 11.5. The Morgan fingerprint density at radius 1 is 1.56 bits per heavy atom. The van der Waals surface area contributed by atoms with Gasteiger partial charge >= 0.3 is 6.09 Å². The fourth-order valence-corrected chi connectivity index (χ4v) is 2.97. The van der Waals surface area contributed by atoms with Crippen LogP contribution >= 0.6 is 27.3 Å². The summed E-state index contributed by atoms with van der Waals surface area (Å²) < 4.78 is 10.9. The number of carbonyl (C=O) groups is 1. The zero-order chi connectivity index (χ0) is 12.5. The number of nitrogens with zero attached hydrogens (tertiary/aromatic N) is 2. The predicted molar refractivity (Wildman–Crippen MR) is 67.2 cm³/mol. The Labute approximate surface area is 114 Å². The molecule has 1 fully saturated rings. The third kappa shape index (κ3) is 2.25. The molecule has 0 aliphatic carbocycles. The molecule has 8 heteroatoms. The third-order valence-corrected chi connectivity index (χ3v) is 4.15. The monoisotopic (exact) mass is 329 g/mol. The van der Waals surface area contributed by atoms with E-state index in [1.54, 1.807) is 0 Å². The molecule has 1 atom stereocenters. The molecule has 6 nitrogen and oxygen atoms in total. The second-order valence-corrected chi connectivity index (χ2v) is 5.53. The van der Waals surface area contributed by atoms with Crippen LogP contribution in [0, 0.1) is 0 Å². The molecule has 2 aromatic heterocycles. The first-order valence-corrected chi connectivity index (χ1v) is 6.91. The van der Waals surface area contributed by atoms with Crippen LogP contribution in [0.15, 0.2) is 20.4 Å². The summed E-state index contributed by atoms with van der Waals surface area (Å²) in [6.45, 7) is 0.360. The van der Waals surface area contributed by atoms with Crippen molar-refractivity contribution in [1.29, 1.82) is 0 Å². The van der Waals surface area contributed by atoms with Crippen molar-refractivity contribution in [3.63, 3.8) is 0 Å². The molecule has 94 valence electrons. The van der Waals surface area contributed by atoms with Crippen molar-refractivity contribution >= 4 is 33.4 Å². The lowest BCUT2D eigenvalue weighted by Crippen LogP contribution is -2.35. The highest BCUT2D eigenvalue weighted by Crippen LogP contribution is 2.29. The van der Waals surface area contributed by atoms with Gasteiger partial charge in [0.2, 0.25) is 11.7 Å². The lowest BCUT2D eigenvalue weighted by atomic mass is 10.2. The third-order valence-electron chi connectivity index (χ3n) is 2.46. The zero-order valence-electron chi connectivity index (χ0n) is 9.05. The molecule has 0 saturated carbocycles. The van der Waals surface area contributed by atoms with Crippen molar-refractivity contribution in [2.75, 3.05) is 6.61 Å². The molecule has 3 rings (SSSR count). The second-order valence-electron chi connectivity index (χ2n) is 3.71. The number of halogens is 1. The van der Waals surface area contributed by atoms with Crippen LogP contribution in [0.3, 0.4) is 0 Å². The number of amides is 1. The van der Waals surface area contributed by atoms with E-state index in [9.17, 15) is 4.79 Å². The molecular formula is C10H8BrN3O3S. The van der Waals surface area contributed by atoms with Gasteiger partial charge in [-0.3, -0.25) is 0 Å². The number of carbonyl (C=O) groups excluding carboxylic acids is 1. The number of hydrogen-bond donors (Lipinski definition) is 1. The molecule has 1 aliphatic heterocycles. The summed E-state index contributed by atoms with van der Waals surface area (Å²) in [5.41, 5.74) is 0. The molecule has 1 unspecified atom stereocenters. The first-order valence-electron chi connectivity index (χ1n) is 5.23. The minimum atomic E-state index is -0.454. The van der Waals surface area contributed by atoms with Crippen LogP contribution in [0.5, 0.6) is 0 Å². The molecule has 18 heavy (non-hydrogen) atoms. The molecule has 1 N–H and O–H groups in total. The Bertz CT molecular complexity index is 582. The topological polar surface area (TPSA) is 77.3 Å². The largest absolute Gasteiger partial charge is 0.449 e. The van der Waals surface area contributed by atoms with Crippen LogP contribution in [0.4, 0.5) is 4.79 Å². The molecule has 2 aromatic rings. The number of aromatic nitrogens is 2. The van der Waals surface area contributed by atoms with Crippen molar-refractivity contribution in [1.82, 2.24) is 15.5 Å². The molecule has 0 bridgehead atoms. The molecule has 1 aliphatic rings. The van der Waals surface area contributed by atoms with Gasteiger partial charge in [-0.25, -0.2) is 4.79 Å². The quantitative estimate of drug-likeness (QED) is 0.916. The lowest BCUT2D eigenvalue weighted by Gasteiger charge is -2.19. The Morgan fingerprint density at radius 3 is 3.17 bits per heavy atom. The van der Waals surface area contributed by atoms with Crippen LogP contribution in [0.25, 0.3) is 10.7 Å². The van der Waals surface area contributed by atoms with Gasteiger partial charge in [0.15, 0.2) is 0 Å². The van der Waals surface area contributed by atoms with Crippen molar-refractivity contribution < 1.29 is 14.1 Å². The van der Waals surface area contributed by atoms with E-state index in [2.05, 4.69) is 31.4 Å². The van der Waals surface area contributed by atoms with Gasteiger partial charge in [-0.15, -0.1) is 11.3 Å². The maximum absolute atomic E-state index is 11.1. The van der Waals surface area contributed by atoms with Gasteiger partial charge in [0.25, 0.3) is 0 Å². The van der Waals surface area contributed by atoms with E-state index >= 15 is 0 Å². The molecule has 0 spiro atoms. The van der Waals surface area contributed by atoms with Gasteiger partial charge in [0.1, 0.15) is 6.04 Å². The highest BCUT2D eigenvalue weighted by molar-refractivity contribution is 9.10. The summed E-state index contributed by atoms with van der Waals surface area (Å²) in [7, 11) is 0. The fraction of sp³-hybridized carbons (Fsp3) is 0.300. The first-order chi connectivity index (χ1) is 8.72. The maximum atomic E-state index is 11.1. The summed E-state index contributed by atoms with van der Waals surface area (Å²) in [4.78, 5) is 16.3. The predicted octanol–water partition coefficient (Wildman–Crippen LogP) is 2.73. The van der Waals surface area contributed by atoms with E-state index in [1.807, 2.05) is 11.4 Å². The van der Waals surface area contributed by atoms with Crippen LogP contribution in [0.1, 0.15) is 18.4 Å². The lowest BCUT2D eigenvalue weighted by molar-refractivity contribution is 0.109. The van der Waals surface area contributed by atoms with Crippen molar-refractivity contribution in [2.24, 2.45) is 0 Å². The molecular weight excluding hydrogens is 322 g/mol. The average Bonchev–Trinajstić information content (AvgIpc) is 2.97. The number of hydrogen-bond acceptors (Lipinski definition) is 6. The van der Waals surface area contributed by atoms with E-state index < -0.39 is 6.09 Å². The number of ether oxygens (including phenoxy) is 1. The summed E-state index contributed by atoms with van der Waals surface area (Å²) in [6, 6.07) is 1.65.